The zero-order chi connectivity index (χ0) is 14.0. The van der Waals surface area contributed by atoms with Gasteiger partial charge in [-0.3, -0.25) is 4.79 Å². The SMILES string of the molecule is CSCC(=O)N1CC2(CC(Oc3ccccn3)CS2)C1. The van der Waals surface area contributed by atoms with Gasteiger partial charge in [-0.2, -0.15) is 11.8 Å². The highest BCUT2D eigenvalue weighted by atomic mass is 32.2. The van der Waals surface area contributed by atoms with E-state index >= 15 is 0 Å². The van der Waals surface area contributed by atoms with Crippen LogP contribution >= 0.6 is 23.5 Å². The van der Waals surface area contributed by atoms with E-state index in [0.29, 0.717) is 11.6 Å². The van der Waals surface area contributed by atoms with Crippen LogP contribution in [0.1, 0.15) is 6.42 Å². The van der Waals surface area contributed by atoms with E-state index in [1.54, 1.807) is 18.0 Å². The molecular weight excluding hydrogens is 292 g/mol. The van der Waals surface area contributed by atoms with E-state index < -0.39 is 0 Å². The van der Waals surface area contributed by atoms with E-state index in [2.05, 4.69) is 4.98 Å². The molecule has 108 valence electrons. The van der Waals surface area contributed by atoms with Gasteiger partial charge in [-0.25, -0.2) is 4.98 Å². The van der Waals surface area contributed by atoms with Gasteiger partial charge in [-0.15, -0.1) is 11.8 Å². The van der Waals surface area contributed by atoms with Gasteiger partial charge < -0.3 is 9.64 Å². The van der Waals surface area contributed by atoms with Crippen molar-refractivity contribution in [3.63, 3.8) is 0 Å². The molecule has 6 heteroatoms. The Morgan fingerprint density at radius 1 is 1.60 bits per heavy atom. The van der Waals surface area contributed by atoms with Gasteiger partial charge in [0.15, 0.2) is 0 Å². The molecule has 0 aromatic carbocycles. The molecule has 1 aromatic rings. The van der Waals surface area contributed by atoms with Crippen LogP contribution in [0.25, 0.3) is 0 Å². The predicted molar refractivity (Wildman–Crippen MR) is 83.4 cm³/mol. The van der Waals surface area contributed by atoms with Crippen LogP contribution in [0.5, 0.6) is 5.88 Å². The van der Waals surface area contributed by atoms with E-state index in [-0.39, 0.29) is 16.8 Å². The number of hydrogen-bond acceptors (Lipinski definition) is 5. The molecular formula is C14H18N2O2S2. The Bertz CT molecular complexity index is 477. The summed E-state index contributed by atoms with van der Waals surface area (Å²) in [6.07, 6.45) is 4.94. The standard InChI is InChI=1S/C14H18N2O2S2/c1-19-8-13(17)16-9-14(10-16)6-11(7-20-14)18-12-4-2-3-5-15-12/h2-5,11H,6-10H2,1H3. The molecule has 1 aromatic heterocycles. The predicted octanol–water partition coefficient (Wildman–Crippen LogP) is 1.91. The van der Waals surface area contributed by atoms with Crippen LogP contribution in [0.2, 0.25) is 0 Å². The number of ether oxygens (including phenoxy) is 1. The molecule has 20 heavy (non-hydrogen) atoms. The fourth-order valence-electron chi connectivity index (χ4n) is 2.73. The number of carbonyl (C=O) groups is 1. The molecule has 2 saturated heterocycles. The van der Waals surface area contributed by atoms with Crippen LogP contribution in [0.15, 0.2) is 24.4 Å². The number of rotatable bonds is 4. The summed E-state index contributed by atoms with van der Waals surface area (Å²) in [6.45, 7) is 1.75. The highest BCUT2D eigenvalue weighted by Crippen LogP contribution is 2.46. The molecule has 3 heterocycles. The maximum Gasteiger partial charge on any atom is 0.232 e. The van der Waals surface area contributed by atoms with E-state index in [9.17, 15) is 4.79 Å². The van der Waals surface area contributed by atoms with Gasteiger partial charge in [0.05, 0.1) is 10.5 Å². The Kier molecular flexibility index (Phi) is 4.12. The van der Waals surface area contributed by atoms with E-state index in [4.69, 9.17) is 4.74 Å². The molecule has 1 atom stereocenters. The van der Waals surface area contributed by atoms with Crippen LogP contribution in [0.3, 0.4) is 0 Å². The second kappa shape index (κ2) is 5.85. The summed E-state index contributed by atoms with van der Waals surface area (Å²) in [6, 6.07) is 5.72. The largest absolute Gasteiger partial charge is 0.473 e. The summed E-state index contributed by atoms with van der Waals surface area (Å²) in [5.41, 5.74) is 0. The topological polar surface area (TPSA) is 42.4 Å². The Hall–Kier alpha value is -0.880. The normalized spacial score (nSPS) is 23.6. The Balaban J connectivity index is 1.50. The molecule has 0 bridgehead atoms. The number of pyridine rings is 1. The maximum atomic E-state index is 11.8. The first-order valence-corrected chi connectivity index (χ1v) is 9.07. The van der Waals surface area contributed by atoms with Gasteiger partial charge in [0.25, 0.3) is 0 Å². The Labute approximate surface area is 127 Å². The highest BCUT2D eigenvalue weighted by Gasteiger charge is 2.51. The lowest BCUT2D eigenvalue weighted by Gasteiger charge is -2.47. The molecule has 2 aliphatic heterocycles. The van der Waals surface area contributed by atoms with Gasteiger partial charge >= 0.3 is 0 Å². The zero-order valence-electron chi connectivity index (χ0n) is 11.4. The Morgan fingerprint density at radius 3 is 3.15 bits per heavy atom. The van der Waals surface area contributed by atoms with E-state index in [0.717, 1.165) is 25.3 Å². The number of nitrogens with zero attached hydrogens (tertiary/aromatic N) is 2. The smallest absolute Gasteiger partial charge is 0.232 e. The van der Waals surface area contributed by atoms with Crippen molar-refractivity contribution < 1.29 is 9.53 Å². The van der Waals surface area contributed by atoms with Crippen molar-refractivity contribution in [2.75, 3.05) is 30.9 Å². The molecule has 2 aliphatic rings. The molecule has 2 fully saturated rings. The van der Waals surface area contributed by atoms with E-state index in [1.807, 2.05) is 41.1 Å². The van der Waals surface area contributed by atoms with Crippen molar-refractivity contribution in [1.82, 2.24) is 9.88 Å². The van der Waals surface area contributed by atoms with Gasteiger partial charge in [0, 0.05) is 37.5 Å². The minimum absolute atomic E-state index is 0.215. The molecule has 1 amide bonds. The summed E-state index contributed by atoms with van der Waals surface area (Å²) < 4.78 is 6.14. The average molecular weight is 310 g/mol. The summed E-state index contributed by atoms with van der Waals surface area (Å²) in [5, 5.41) is 0. The van der Waals surface area contributed by atoms with Crippen molar-refractivity contribution in [1.29, 1.82) is 0 Å². The summed E-state index contributed by atoms with van der Waals surface area (Å²) in [5.74, 6) is 2.54. The number of thioether (sulfide) groups is 2. The lowest BCUT2D eigenvalue weighted by molar-refractivity contribution is -0.133. The zero-order valence-corrected chi connectivity index (χ0v) is 13.1. The molecule has 0 N–H and O–H groups in total. The third kappa shape index (κ3) is 2.91. The van der Waals surface area contributed by atoms with Crippen molar-refractivity contribution in [2.24, 2.45) is 0 Å². The van der Waals surface area contributed by atoms with E-state index in [1.165, 1.54) is 0 Å². The van der Waals surface area contributed by atoms with Gasteiger partial charge in [-0.05, 0) is 12.3 Å². The summed E-state index contributed by atoms with van der Waals surface area (Å²) >= 11 is 3.53. The Morgan fingerprint density at radius 2 is 2.45 bits per heavy atom. The molecule has 0 saturated carbocycles. The van der Waals surface area contributed by atoms with Gasteiger partial charge in [0.1, 0.15) is 6.10 Å². The van der Waals surface area contributed by atoms with Crippen LogP contribution < -0.4 is 4.74 Å². The third-order valence-corrected chi connectivity index (χ3v) is 5.79. The molecule has 1 unspecified atom stereocenters. The number of hydrogen-bond donors (Lipinski definition) is 0. The van der Waals surface area contributed by atoms with Crippen molar-refractivity contribution in [3.8, 4) is 5.88 Å². The fourth-order valence-corrected chi connectivity index (χ4v) is 4.68. The number of likely N-dealkylation sites (tertiary alicyclic amines) is 1. The third-order valence-electron chi connectivity index (χ3n) is 3.68. The number of aromatic nitrogens is 1. The first-order valence-electron chi connectivity index (χ1n) is 6.69. The molecule has 3 rings (SSSR count). The average Bonchev–Trinajstić information content (AvgIpc) is 2.83. The highest BCUT2D eigenvalue weighted by molar-refractivity contribution is 8.01. The summed E-state index contributed by atoms with van der Waals surface area (Å²) in [4.78, 5) is 18.0. The van der Waals surface area contributed by atoms with Crippen LogP contribution in [0.4, 0.5) is 0 Å². The molecule has 4 nitrogen and oxygen atoms in total. The van der Waals surface area contributed by atoms with Gasteiger partial charge in [0.2, 0.25) is 11.8 Å². The van der Waals surface area contributed by atoms with Gasteiger partial charge in [-0.1, -0.05) is 6.07 Å². The lowest BCUT2D eigenvalue weighted by Crippen LogP contribution is -2.61. The molecule has 0 aliphatic carbocycles. The first kappa shape index (κ1) is 14.1. The summed E-state index contributed by atoms with van der Waals surface area (Å²) in [7, 11) is 0. The van der Waals surface area contributed by atoms with Crippen LogP contribution in [0, 0.1) is 0 Å². The second-order valence-corrected chi connectivity index (χ2v) is 7.64. The maximum absolute atomic E-state index is 11.8. The molecule has 0 radical (unpaired) electrons. The van der Waals surface area contributed by atoms with Crippen LogP contribution in [-0.4, -0.2) is 57.5 Å². The second-order valence-electron chi connectivity index (χ2n) is 5.29. The van der Waals surface area contributed by atoms with Crippen LogP contribution in [-0.2, 0) is 4.79 Å². The fraction of sp³-hybridized carbons (Fsp3) is 0.571. The monoisotopic (exact) mass is 310 g/mol. The first-order chi connectivity index (χ1) is 9.71. The molecule has 1 spiro atoms. The minimum Gasteiger partial charge on any atom is -0.473 e. The van der Waals surface area contributed by atoms with Crippen molar-refractivity contribution in [3.05, 3.63) is 24.4 Å². The quantitative estimate of drug-likeness (QED) is 0.850. The number of amides is 1. The van der Waals surface area contributed by atoms with Crippen molar-refractivity contribution >= 4 is 29.4 Å². The lowest BCUT2D eigenvalue weighted by atomic mass is 9.93. The minimum atomic E-state index is 0.215. The van der Waals surface area contributed by atoms with Crippen molar-refractivity contribution in [2.45, 2.75) is 17.3 Å². The number of carbonyl (C=O) groups excluding carboxylic acids is 1.